The van der Waals surface area contributed by atoms with Crippen molar-refractivity contribution in [1.29, 1.82) is 0 Å². The summed E-state index contributed by atoms with van der Waals surface area (Å²) < 4.78 is 11.9. The van der Waals surface area contributed by atoms with Crippen molar-refractivity contribution in [3.8, 4) is 35.2 Å². The van der Waals surface area contributed by atoms with Gasteiger partial charge in [0.15, 0.2) is 0 Å². The lowest BCUT2D eigenvalue weighted by Crippen LogP contribution is -2.12. The first-order valence-corrected chi connectivity index (χ1v) is 26.7. The Morgan fingerprint density at radius 3 is 1.05 bits per heavy atom. The Kier molecular flexibility index (Phi) is 25.0. The summed E-state index contributed by atoms with van der Waals surface area (Å²) in [6, 6.07) is 35.5. The summed E-state index contributed by atoms with van der Waals surface area (Å²) in [7, 11) is 0. The van der Waals surface area contributed by atoms with E-state index in [-0.39, 0.29) is 0 Å². The van der Waals surface area contributed by atoms with Gasteiger partial charge in [0.2, 0.25) is 0 Å². The quantitative estimate of drug-likeness (QED) is 0.0546. The van der Waals surface area contributed by atoms with Crippen LogP contribution in [0, 0.1) is 35.5 Å². The van der Waals surface area contributed by atoms with Crippen LogP contribution < -0.4 is 9.47 Å². The largest absolute Gasteiger partial charge is 0.494 e. The van der Waals surface area contributed by atoms with Crippen LogP contribution in [-0.2, 0) is 12.8 Å². The first kappa shape index (κ1) is 51.6. The zero-order chi connectivity index (χ0) is 45.6. The van der Waals surface area contributed by atoms with Crippen LogP contribution >= 0.6 is 0 Å². The average Bonchev–Trinajstić information content (AvgIpc) is 3.35. The first-order valence-electron chi connectivity index (χ1n) is 26.7. The minimum atomic E-state index is 0.543. The molecule has 6 rings (SSSR count). The molecule has 0 aliphatic heterocycles. The summed E-state index contributed by atoms with van der Waals surface area (Å²) in [5.41, 5.74) is 8.08. The maximum Gasteiger partial charge on any atom is 0.119 e. The standard InChI is InChI=1S/C32H44O.C31H42O/c1-3-5-6-7-8-9-10-26-33-32-24-22-31(23-25-32)30-20-18-29(19-21-30)17-16-28-14-12-27(11-4-2)13-15-28;1-3-5-6-7-8-9-25-32-31-23-21-30(22-24-31)29-19-17-28(18-20-29)16-15-27-13-11-26(10-4-2)12-14-27/h12-15,22-25,29-30H,3-11,18-21,26H2,1-2H3;11-14,21-24,28-29H,3-10,17-20,25H2,1-2H3/t29-,30-;28-,29-. The number of unbranched alkanes of at least 4 members (excludes halogenated alkanes) is 11. The first-order chi connectivity index (χ1) is 32.1. The van der Waals surface area contributed by atoms with Gasteiger partial charge >= 0.3 is 0 Å². The van der Waals surface area contributed by atoms with Gasteiger partial charge in [-0.25, -0.2) is 0 Å². The molecule has 2 heteroatoms. The zero-order valence-electron chi connectivity index (χ0n) is 41.5. The summed E-state index contributed by atoms with van der Waals surface area (Å²) >= 11 is 0. The Morgan fingerprint density at radius 2 is 0.708 bits per heavy atom. The molecule has 2 saturated carbocycles. The summed E-state index contributed by atoms with van der Waals surface area (Å²) in [6.45, 7) is 10.7. The molecule has 0 atom stereocenters. The molecule has 0 N–H and O–H groups in total. The van der Waals surface area contributed by atoms with E-state index in [0.29, 0.717) is 23.7 Å². The van der Waals surface area contributed by atoms with E-state index in [1.165, 1.54) is 170 Å². The highest BCUT2D eigenvalue weighted by Crippen LogP contribution is 2.37. The Hall–Kier alpha value is -4.40. The van der Waals surface area contributed by atoms with E-state index < -0.39 is 0 Å². The number of aryl methyl sites for hydroxylation is 2. The molecular formula is C63H86O2. The van der Waals surface area contributed by atoms with Crippen LogP contribution in [0.3, 0.4) is 0 Å². The van der Waals surface area contributed by atoms with Crippen molar-refractivity contribution in [2.24, 2.45) is 11.8 Å². The van der Waals surface area contributed by atoms with Crippen LogP contribution in [0.4, 0.5) is 0 Å². The van der Waals surface area contributed by atoms with Crippen molar-refractivity contribution in [2.45, 2.75) is 200 Å². The molecule has 0 aromatic heterocycles. The fourth-order valence-corrected chi connectivity index (χ4v) is 9.59. The molecule has 4 aromatic carbocycles. The predicted molar refractivity (Wildman–Crippen MR) is 279 cm³/mol. The third kappa shape index (κ3) is 20.3. The maximum absolute atomic E-state index is 5.97. The van der Waals surface area contributed by atoms with E-state index in [0.717, 1.165) is 48.7 Å². The molecule has 2 fully saturated rings. The number of ether oxygens (including phenoxy) is 2. The van der Waals surface area contributed by atoms with Crippen molar-refractivity contribution in [2.75, 3.05) is 13.2 Å². The van der Waals surface area contributed by atoms with E-state index in [1.807, 2.05) is 0 Å². The molecular weight excluding hydrogens is 789 g/mol. The molecule has 4 aromatic rings. The highest BCUT2D eigenvalue weighted by molar-refractivity contribution is 5.38. The van der Waals surface area contributed by atoms with Gasteiger partial charge in [-0.1, -0.05) is 183 Å². The van der Waals surface area contributed by atoms with E-state index in [9.17, 15) is 0 Å². The fourth-order valence-electron chi connectivity index (χ4n) is 9.59. The molecule has 0 spiro atoms. The van der Waals surface area contributed by atoms with Gasteiger partial charge in [-0.3, -0.25) is 0 Å². The Labute approximate surface area is 398 Å². The van der Waals surface area contributed by atoms with E-state index >= 15 is 0 Å². The van der Waals surface area contributed by atoms with Crippen LogP contribution in [0.2, 0.25) is 0 Å². The van der Waals surface area contributed by atoms with Crippen LogP contribution in [-0.4, -0.2) is 13.2 Å². The molecule has 2 aliphatic carbocycles. The van der Waals surface area contributed by atoms with Crippen LogP contribution in [0.25, 0.3) is 0 Å². The van der Waals surface area contributed by atoms with E-state index in [1.54, 1.807) is 0 Å². The normalized spacial score (nSPS) is 18.0. The fraction of sp³-hybridized carbons (Fsp3) is 0.556. The second-order valence-corrected chi connectivity index (χ2v) is 19.3. The highest BCUT2D eigenvalue weighted by Gasteiger charge is 2.22. The average molecular weight is 875 g/mol. The summed E-state index contributed by atoms with van der Waals surface area (Å²) in [5.74, 6) is 18.4. The smallest absolute Gasteiger partial charge is 0.119 e. The van der Waals surface area contributed by atoms with Crippen molar-refractivity contribution < 1.29 is 9.47 Å². The lowest BCUT2D eigenvalue weighted by atomic mass is 9.79. The molecule has 65 heavy (non-hydrogen) atoms. The minimum Gasteiger partial charge on any atom is -0.494 e. The second kappa shape index (κ2) is 31.5. The SMILES string of the molecule is CCCCCCCCCOc1ccc([C@H]2CC[C@H](C#Cc3ccc(CCC)cc3)CC2)cc1.CCCCCCCCOc1ccc([C@H]2CC[C@H](C#Cc3ccc(CCC)cc3)CC2)cc1. The molecule has 0 bridgehead atoms. The van der Waals surface area contributed by atoms with Crippen molar-refractivity contribution in [1.82, 2.24) is 0 Å². The van der Waals surface area contributed by atoms with Gasteiger partial charge in [-0.15, -0.1) is 0 Å². The van der Waals surface area contributed by atoms with Crippen LogP contribution in [0.1, 0.15) is 221 Å². The third-order valence-corrected chi connectivity index (χ3v) is 13.8. The molecule has 0 saturated heterocycles. The summed E-state index contributed by atoms with van der Waals surface area (Å²) in [6.07, 6.45) is 31.6. The monoisotopic (exact) mass is 875 g/mol. The van der Waals surface area contributed by atoms with Crippen molar-refractivity contribution >= 4 is 0 Å². The summed E-state index contributed by atoms with van der Waals surface area (Å²) in [5, 5.41) is 0. The molecule has 2 aliphatic rings. The molecule has 0 unspecified atom stereocenters. The zero-order valence-corrected chi connectivity index (χ0v) is 41.5. The van der Waals surface area contributed by atoms with Crippen molar-refractivity contribution in [3.63, 3.8) is 0 Å². The van der Waals surface area contributed by atoms with Gasteiger partial charge < -0.3 is 9.47 Å². The highest BCUT2D eigenvalue weighted by atomic mass is 16.5. The Bertz CT molecular complexity index is 1930. The van der Waals surface area contributed by atoms with Gasteiger partial charge in [0.25, 0.3) is 0 Å². The molecule has 350 valence electrons. The number of hydrogen-bond donors (Lipinski definition) is 0. The molecule has 2 nitrogen and oxygen atoms in total. The van der Waals surface area contributed by atoms with Crippen LogP contribution in [0.5, 0.6) is 11.5 Å². The van der Waals surface area contributed by atoms with E-state index in [4.69, 9.17) is 9.47 Å². The molecule has 0 amide bonds. The second-order valence-electron chi connectivity index (χ2n) is 19.3. The molecule has 0 heterocycles. The lowest BCUT2D eigenvalue weighted by Gasteiger charge is -2.26. The predicted octanol–water partition coefficient (Wildman–Crippen LogP) is 17.8. The third-order valence-electron chi connectivity index (χ3n) is 13.8. The van der Waals surface area contributed by atoms with Gasteiger partial charge in [-0.05, 0) is 160 Å². The Balaban J connectivity index is 0.000000244. The van der Waals surface area contributed by atoms with Gasteiger partial charge in [-0.2, -0.15) is 0 Å². The Morgan fingerprint density at radius 1 is 0.369 bits per heavy atom. The van der Waals surface area contributed by atoms with Gasteiger partial charge in [0.05, 0.1) is 13.2 Å². The summed E-state index contributed by atoms with van der Waals surface area (Å²) in [4.78, 5) is 0. The van der Waals surface area contributed by atoms with Gasteiger partial charge in [0.1, 0.15) is 11.5 Å². The number of benzene rings is 4. The number of rotatable bonds is 23. The van der Waals surface area contributed by atoms with E-state index in [2.05, 4.69) is 148 Å². The lowest BCUT2D eigenvalue weighted by molar-refractivity contribution is 0.304. The topological polar surface area (TPSA) is 18.5 Å². The maximum atomic E-state index is 5.97. The van der Waals surface area contributed by atoms with Crippen LogP contribution in [0.15, 0.2) is 97.1 Å². The van der Waals surface area contributed by atoms with Crippen molar-refractivity contribution in [3.05, 3.63) is 130 Å². The van der Waals surface area contributed by atoms with Gasteiger partial charge in [0, 0.05) is 23.0 Å². The number of hydrogen-bond acceptors (Lipinski definition) is 2. The molecule has 0 radical (unpaired) electrons. The minimum absolute atomic E-state index is 0.543.